The van der Waals surface area contributed by atoms with Crippen molar-refractivity contribution in [1.82, 2.24) is 10.2 Å². The van der Waals surface area contributed by atoms with E-state index in [1.54, 1.807) is 30.0 Å². The lowest BCUT2D eigenvalue weighted by Crippen LogP contribution is -2.40. The van der Waals surface area contributed by atoms with Gasteiger partial charge in [0.05, 0.1) is 11.3 Å². The number of nitrogens with zero attached hydrogens (tertiary/aromatic N) is 2. The number of hydrogen-bond donors (Lipinski definition) is 3. The maximum atomic E-state index is 12.7. The molecule has 1 aromatic carbocycles. The summed E-state index contributed by atoms with van der Waals surface area (Å²) in [5, 5.41) is 10.9. The zero-order valence-electron chi connectivity index (χ0n) is 17.3. The van der Waals surface area contributed by atoms with Crippen molar-refractivity contribution < 1.29 is 14.3 Å². The molecule has 0 radical (unpaired) electrons. The van der Waals surface area contributed by atoms with E-state index in [1.165, 1.54) is 6.21 Å². The molecule has 1 aromatic rings. The summed E-state index contributed by atoms with van der Waals surface area (Å²) in [5.41, 5.74) is 7.54. The number of carbonyl (C=O) groups is 2. The molecule has 1 fully saturated rings. The molecular formula is C22H26ClN5O3. The molecule has 2 aliphatic rings. The van der Waals surface area contributed by atoms with Gasteiger partial charge < -0.3 is 26.1 Å². The van der Waals surface area contributed by atoms with Crippen LogP contribution < -0.4 is 11.1 Å². The molecule has 0 aliphatic carbocycles. The predicted molar refractivity (Wildman–Crippen MR) is 120 cm³/mol. The lowest BCUT2D eigenvalue weighted by Gasteiger charge is -2.33. The second-order valence-electron chi connectivity index (χ2n) is 7.43. The fourth-order valence-electron chi connectivity index (χ4n) is 3.40. The van der Waals surface area contributed by atoms with Crippen molar-refractivity contribution in [2.45, 2.75) is 38.5 Å². The smallest absolute Gasteiger partial charge is 0.249 e. The van der Waals surface area contributed by atoms with Gasteiger partial charge in [-0.1, -0.05) is 23.7 Å². The van der Waals surface area contributed by atoms with Gasteiger partial charge in [0, 0.05) is 56.9 Å². The van der Waals surface area contributed by atoms with Gasteiger partial charge in [0.1, 0.15) is 11.9 Å². The Hall–Kier alpha value is -3.13. The van der Waals surface area contributed by atoms with E-state index in [-0.39, 0.29) is 23.6 Å². The number of aliphatic imine (C=N–C) groups is 1. The third-order valence-electron chi connectivity index (χ3n) is 5.24. The largest absolute Gasteiger partial charge is 0.490 e. The van der Waals surface area contributed by atoms with Crippen molar-refractivity contribution >= 4 is 35.8 Å². The lowest BCUT2D eigenvalue weighted by molar-refractivity contribution is -0.131. The highest BCUT2D eigenvalue weighted by Crippen LogP contribution is 2.24. The van der Waals surface area contributed by atoms with E-state index in [4.69, 9.17) is 27.5 Å². The molecule has 2 heterocycles. The Morgan fingerprint density at radius 1 is 1.32 bits per heavy atom. The average Bonchev–Trinajstić information content (AvgIpc) is 2.78. The van der Waals surface area contributed by atoms with Crippen molar-refractivity contribution in [3.8, 4) is 0 Å². The third-order valence-corrected chi connectivity index (χ3v) is 5.49. The topological polar surface area (TPSA) is 121 Å². The maximum absolute atomic E-state index is 12.7. The van der Waals surface area contributed by atoms with Crippen molar-refractivity contribution in [1.29, 1.82) is 5.41 Å². The van der Waals surface area contributed by atoms with Gasteiger partial charge >= 0.3 is 0 Å². The summed E-state index contributed by atoms with van der Waals surface area (Å²) < 4.78 is 6.15. The average molecular weight is 444 g/mol. The van der Waals surface area contributed by atoms with Gasteiger partial charge in [-0.3, -0.25) is 14.6 Å². The molecule has 1 atom stereocenters. The van der Waals surface area contributed by atoms with Crippen LogP contribution in [0.5, 0.6) is 0 Å². The molecular weight excluding hydrogens is 418 g/mol. The molecule has 0 bridgehead atoms. The molecule has 31 heavy (non-hydrogen) atoms. The first-order valence-corrected chi connectivity index (χ1v) is 10.4. The number of halogens is 1. The zero-order valence-corrected chi connectivity index (χ0v) is 18.1. The van der Waals surface area contributed by atoms with Gasteiger partial charge in [-0.05, 0) is 23.8 Å². The summed E-state index contributed by atoms with van der Waals surface area (Å²) in [4.78, 5) is 30.2. The molecule has 1 unspecified atom stereocenters. The number of carbonyl (C=O) groups excluding carboxylic acids is 2. The normalized spacial score (nSPS) is 20.6. The summed E-state index contributed by atoms with van der Waals surface area (Å²) >= 11 is 5.89. The second kappa shape index (κ2) is 10.3. The SMILES string of the molecule is CC(=O)N1CCC(OC2=CC(C(=O)NCc3ccc(Cl)cc3)N=C/C2=C(/N)C=N)CC1. The van der Waals surface area contributed by atoms with Gasteiger partial charge in [-0.15, -0.1) is 0 Å². The highest BCUT2D eigenvalue weighted by atomic mass is 35.5. The summed E-state index contributed by atoms with van der Waals surface area (Å²) in [6.45, 7) is 3.14. The molecule has 4 N–H and O–H groups in total. The van der Waals surface area contributed by atoms with Crippen LogP contribution in [-0.4, -0.2) is 54.4 Å². The minimum absolute atomic E-state index is 0.0496. The molecule has 3 rings (SSSR count). The minimum atomic E-state index is -0.762. The van der Waals surface area contributed by atoms with E-state index < -0.39 is 6.04 Å². The molecule has 164 valence electrons. The maximum Gasteiger partial charge on any atom is 0.249 e. The molecule has 8 nitrogen and oxygen atoms in total. The van der Waals surface area contributed by atoms with Crippen LogP contribution in [0.2, 0.25) is 5.02 Å². The van der Waals surface area contributed by atoms with Crippen LogP contribution in [0.15, 0.2) is 52.4 Å². The number of dihydropyridines is 1. The van der Waals surface area contributed by atoms with Crippen LogP contribution >= 0.6 is 11.6 Å². The van der Waals surface area contributed by atoms with Crippen LogP contribution in [0.1, 0.15) is 25.3 Å². The van der Waals surface area contributed by atoms with Gasteiger partial charge in [-0.2, -0.15) is 0 Å². The van der Waals surface area contributed by atoms with Crippen LogP contribution in [0, 0.1) is 5.41 Å². The van der Waals surface area contributed by atoms with E-state index in [0.717, 1.165) is 11.8 Å². The standard InChI is InChI=1S/C22H26ClN5O3/c1-14(29)28-8-6-17(7-9-28)31-21-10-20(26-13-18(21)19(25)11-24)22(30)27-12-15-2-4-16(23)5-3-15/h2-5,10-11,13,17,20,24H,6-9,12,25H2,1H3,(H,27,30)/b19-18-,24-11?. The summed E-state index contributed by atoms with van der Waals surface area (Å²) in [6, 6.07) is 6.46. The molecule has 2 amide bonds. The fourth-order valence-corrected chi connectivity index (χ4v) is 3.53. The highest BCUT2D eigenvalue weighted by Gasteiger charge is 2.27. The van der Waals surface area contributed by atoms with Crippen LogP contribution in [-0.2, 0) is 20.9 Å². The molecule has 0 aromatic heterocycles. The fraction of sp³-hybridized carbons (Fsp3) is 0.364. The monoisotopic (exact) mass is 443 g/mol. The third kappa shape index (κ3) is 5.95. The minimum Gasteiger partial charge on any atom is -0.490 e. The van der Waals surface area contributed by atoms with E-state index in [2.05, 4.69) is 10.3 Å². The van der Waals surface area contributed by atoms with Crippen molar-refractivity contribution in [2.24, 2.45) is 10.7 Å². The predicted octanol–water partition coefficient (Wildman–Crippen LogP) is 2.18. The van der Waals surface area contributed by atoms with Crippen molar-refractivity contribution in [3.05, 3.63) is 58.0 Å². The number of ether oxygens (including phenoxy) is 1. The Morgan fingerprint density at radius 2 is 2.00 bits per heavy atom. The molecule has 0 spiro atoms. The quantitative estimate of drug-likeness (QED) is 0.583. The number of rotatable bonds is 6. The van der Waals surface area contributed by atoms with E-state index >= 15 is 0 Å². The number of likely N-dealkylation sites (tertiary alicyclic amines) is 1. The Balaban J connectivity index is 1.68. The Bertz CT molecular complexity index is 931. The number of piperidine rings is 1. The van der Waals surface area contributed by atoms with E-state index in [0.29, 0.717) is 48.8 Å². The summed E-state index contributed by atoms with van der Waals surface area (Å²) in [6.07, 6.45) is 5.38. The van der Waals surface area contributed by atoms with E-state index in [1.807, 2.05) is 12.1 Å². The van der Waals surface area contributed by atoms with Gasteiger partial charge in [0.25, 0.3) is 0 Å². The van der Waals surface area contributed by atoms with Crippen molar-refractivity contribution in [3.63, 3.8) is 0 Å². The van der Waals surface area contributed by atoms with E-state index in [9.17, 15) is 9.59 Å². The second-order valence-corrected chi connectivity index (χ2v) is 7.87. The Kier molecular flexibility index (Phi) is 7.46. The highest BCUT2D eigenvalue weighted by molar-refractivity contribution is 6.30. The number of hydrogen-bond acceptors (Lipinski definition) is 6. The van der Waals surface area contributed by atoms with Crippen molar-refractivity contribution in [2.75, 3.05) is 13.1 Å². The first-order valence-electron chi connectivity index (χ1n) is 10.1. The summed E-state index contributed by atoms with van der Waals surface area (Å²) in [7, 11) is 0. The molecule has 9 heteroatoms. The zero-order chi connectivity index (χ0) is 22.4. The molecule has 1 saturated heterocycles. The Morgan fingerprint density at radius 3 is 2.61 bits per heavy atom. The van der Waals surface area contributed by atoms with Gasteiger partial charge in [-0.25, -0.2) is 0 Å². The number of benzene rings is 1. The first-order chi connectivity index (χ1) is 14.9. The number of nitrogens with one attached hydrogen (secondary N) is 2. The van der Waals surface area contributed by atoms with Crippen LogP contribution in [0.3, 0.4) is 0 Å². The Labute approximate surface area is 186 Å². The summed E-state index contributed by atoms with van der Waals surface area (Å²) in [5.74, 6) is 0.212. The van der Waals surface area contributed by atoms with Crippen LogP contribution in [0.4, 0.5) is 0 Å². The molecule has 2 aliphatic heterocycles. The number of nitrogens with two attached hydrogens (primary N) is 1. The lowest BCUT2D eigenvalue weighted by atomic mass is 10.0. The first kappa shape index (κ1) is 22.6. The number of allylic oxidation sites excluding steroid dienone is 2. The van der Waals surface area contributed by atoms with Crippen LogP contribution in [0.25, 0.3) is 0 Å². The van der Waals surface area contributed by atoms with Gasteiger partial charge in [0.15, 0.2) is 6.04 Å². The number of amides is 2. The molecule has 0 saturated carbocycles. The van der Waals surface area contributed by atoms with Gasteiger partial charge in [0.2, 0.25) is 11.8 Å².